The Morgan fingerprint density at radius 2 is 1.93 bits per heavy atom. The Morgan fingerprint density at radius 1 is 1.17 bits per heavy atom. The predicted molar refractivity (Wildman–Crippen MR) is 104 cm³/mol. The van der Waals surface area contributed by atoms with Crippen molar-refractivity contribution in [3.8, 4) is 17.4 Å². The second-order valence-electron chi connectivity index (χ2n) is 7.46. The molecule has 30 heavy (non-hydrogen) atoms. The standard InChI is InChI=1S/C22H21F3N2O3/c23-22(24,25)21(28)30-19-12-17(16-4-5-16)13-27-20(19)29-18-3-1-2-15(11-18)10-14-6-8-26-9-7-14/h1-3,10-13,16,26H,4-9H2. The fraction of sp³-hybridized carbons (Fsp3) is 0.364. The number of alkyl halides is 3. The van der Waals surface area contributed by atoms with Crippen molar-refractivity contribution >= 4 is 12.0 Å². The fourth-order valence-corrected chi connectivity index (χ4v) is 3.30. The number of piperidine rings is 1. The Balaban J connectivity index is 1.57. The molecule has 2 fully saturated rings. The van der Waals surface area contributed by atoms with Crippen LogP contribution in [-0.2, 0) is 4.79 Å². The van der Waals surface area contributed by atoms with Crippen LogP contribution in [0.3, 0.4) is 0 Å². The molecule has 1 aliphatic carbocycles. The number of ether oxygens (including phenoxy) is 2. The van der Waals surface area contributed by atoms with Crippen LogP contribution in [0.2, 0.25) is 0 Å². The number of carbonyl (C=O) groups excluding carboxylic acids is 1. The molecule has 5 nitrogen and oxygen atoms in total. The predicted octanol–water partition coefficient (Wildman–Crippen LogP) is 4.99. The molecule has 0 atom stereocenters. The third kappa shape index (κ3) is 5.18. The van der Waals surface area contributed by atoms with E-state index in [1.54, 1.807) is 24.4 Å². The first-order chi connectivity index (χ1) is 14.4. The zero-order chi connectivity index (χ0) is 21.1. The van der Waals surface area contributed by atoms with Gasteiger partial charge < -0.3 is 14.8 Å². The van der Waals surface area contributed by atoms with E-state index in [0.717, 1.165) is 49.9 Å². The quantitative estimate of drug-likeness (QED) is 0.694. The van der Waals surface area contributed by atoms with E-state index in [1.807, 2.05) is 6.07 Å². The van der Waals surface area contributed by atoms with Crippen molar-refractivity contribution in [1.29, 1.82) is 0 Å². The van der Waals surface area contributed by atoms with Crippen molar-refractivity contribution in [1.82, 2.24) is 10.3 Å². The maximum atomic E-state index is 12.7. The van der Waals surface area contributed by atoms with E-state index < -0.39 is 12.1 Å². The zero-order valence-corrected chi connectivity index (χ0v) is 16.2. The molecule has 2 aromatic rings. The summed E-state index contributed by atoms with van der Waals surface area (Å²) >= 11 is 0. The number of hydrogen-bond donors (Lipinski definition) is 1. The number of nitrogens with one attached hydrogen (secondary N) is 1. The Kier molecular flexibility index (Phi) is 5.76. The number of carbonyl (C=O) groups is 1. The van der Waals surface area contributed by atoms with E-state index in [0.29, 0.717) is 5.75 Å². The monoisotopic (exact) mass is 418 g/mol. The molecule has 1 aromatic heterocycles. The topological polar surface area (TPSA) is 60.5 Å². The maximum absolute atomic E-state index is 12.7. The van der Waals surface area contributed by atoms with Gasteiger partial charge in [0.15, 0.2) is 5.75 Å². The zero-order valence-electron chi connectivity index (χ0n) is 16.2. The summed E-state index contributed by atoms with van der Waals surface area (Å²) in [7, 11) is 0. The van der Waals surface area contributed by atoms with Crippen molar-refractivity contribution < 1.29 is 27.4 Å². The summed E-state index contributed by atoms with van der Waals surface area (Å²) in [5.74, 6) is -2.18. The smallest absolute Gasteiger partial charge is 0.436 e. The molecule has 0 radical (unpaired) electrons. The van der Waals surface area contributed by atoms with Crippen LogP contribution in [-0.4, -0.2) is 30.2 Å². The van der Waals surface area contributed by atoms with E-state index >= 15 is 0 Å². The average molecular weight is 418 g/mol. The second kappa shape index (κ2) is 8.47. The van der Waals surface area contributed by atoms with Crippen LogP contribution in [0.5, 0.6) is 17.4 Å². The molecule has 1 aliphatic heterocycles. The van der Waals surface area contributed by atoms with Gasteiger partial charge in [0.2, 0.25) is 0 Å². The number of benzene rings is 1. The van der Waals surface area contributed by atoms with Crippen molar-refractivity contribution in [2.24, 2.45) is 0 Å². The van der Waals surface area contributed by atoms with Gasteiger partial charge in [-0.15, -0.1) is 0 Å². The number of hydrogen-bond acceptors (Lipinski definition) is 5. The lowest BCUT2D eigenvalue weighted by Crippen LogP contribution is -2.28. The third-order valence-electron chi connectivity index (χ3n) is 5.01. The molecular weight excluding hydrogens is 397 g/mol. The van der Waals surface area contributed by atoms with Crippen molar-refractivity contribution in [3.63, 3.8) is 0 Å². The molecule has 1 N–H and O–H groups in total. The first-order valence-corrected chi connectivity index (χ1v) is 9.85. The van der Waals surface area contributed by atoms with E-state index in [2.05, 4.69) is 21.1 Å². The first-order valence-electron chi connectivity index (χ1n) is 9.85. The molecule has 8 heteroatoms. The second-order valence-corrected chi connectivity index (χ2v) is 7.46. The minimum absolute atomic E-state index is 0.177. The molecule has 0 spiro atoms. The number of halogens is 3. The lowest BCUT2D eigenvalue weighted by atomic mass is 10.0. The summed E-state index contributed by atoms with van der Waals surface area (Å²) in [5, 5.41) is 3.30. The van der Waals surface area contributed by atoms with E-state index in [1.165, 1.54) is 11.6 Å². The minimum Gasteiger partial charge on any atom is -0.436 e. The number of pyridine rings is 1. The first kappa shape index (κ1) is 20.4. The summed E-state index contributed by atoms with van der Waals surface area (Å²) < 4.78 is 48.4. The molecular formula is C22H21F3N2O3. The van der Waals surface area contributed by atoms with Crippen molar-refractivity contribution in [2.45, 2.75) is 37.8 Å². The molecule has 2 heterocycles. The lowest BCUT2D eigenvalue weighted by Gasteiger charge is -2.15. The highest BCUT2D eigenvalue weighted by atomic mass is 19.4. The summed E-state index contributed by atoms with van der Waals surface area (Å²) in [6.07, 6.45) is 2.33. The van der Waals surface area contributed by atoms with Gasteiger partial charge in [0.25, 0.3) is 5.88 Å². The number of esters is 1. The third-order valence-corrected chi connectivity index (χ3v) is 5.01. The van der Waals surface area contributed by atoms with Crippen LogP contribution < -0.4 is 14.8 Å². The summed E-state index contributed by atoms with van der Waals surface area (Å²) in [4.78, 5) is 15.5. The number of rotatable bonds is 5. The van der Waals surface area contributed by atoms with E-state index in [4.69, 9.17) is 4.74 Å². The van der Waals surface area contributed by atoms with Crippen LogP contribution >= 0.6 is 0 Å². The van der Waals surface area contributed by atoms with Crippen molar-refractivity contribution in [2.75, 3.05) is 13.1 Å². The lowest BCUT2D eigenvalue weighted by molar-refractivity contribution is -0.189. The molecule has 0 bridgehead atoms. The molecule has 1 aromatic carbocycles. The van der Waals surface area contributed by atoms with Gasteiger partial charge in [-0.1, -0.05) is 23.8 Å². The number of nitrogens with zero attached hydrogens (tertiary/aromatic N) is 1. The van der Waals surface area contributed by atoms with Gasteiger partial charge in [0, 0.05) is 6.20 Å². The van der Waals surface area contributed by atoms with Gasteiger partial charge in [-0.3, -0.25) is 0 Å². The van der Waals surface area contributed by atoms with Crippen LogP contribution in [0.1, 0.15) is 42.7 Å². The Morgan fingerprint density at radius 3 is 2.63 bits per heavy atom. The summed E-state index contributed by atoms with van der Waals surface area (Å²) in [5.41, 5.74) is 2.97. The Labute approximate surface area is 171 Å². The van der Waals surface area contributed by atoms with Crippen LogP contribution in [0.4, 0.5) is 13.2 Å². The SMILES string of the molecule is O=C(Oc1cc(C2CC2)cnc1Oc1cccc(C=C2CCNCC2)c1)C(F)(F)F. The van der Waals surface area contributed by atoms with Crippen LogP contribution in [0, 0.1) is 0 Å². The Hall–Kier alpha value is -2.87. The normalized spacial score (nSPS) is 16.8. The average Bonchev–Trinajstić information content (AvgIpc) is 3.55. The highest BCUT2D eigenvalue weighted by molar-refractivity contribution is 5.78. The highest BCUT2D eigenvalue weighted by Gasteiger charge is 2.42. The van der Waals surface area contributed by atoms with Gasteiger partial charge >= 0.3 is 12.1 Å². The molecule has 1 saturated heterocycles. The molecule has 158 valence electrons. The summed E-state index contributed by atoms with van der Waals surface area (Å²) in [6, 6.07) is 8.58. The van der Waals surface area contributed by atoms with Gasteiger partial charge in [0.1, 0.15) is 5.75 Å². The van der Waals surface area contributed by atoms with Gasteiger partial charge in [0.05, 0.1) is 0 Å². The van der Waals surface area contributed by atoms with Crippen molar-refractivity contribution in [3.05, 3.63) is 53.2 Å². The molecule has 2 aliphatic rings. The molecule has 4 rings (SSSR count). The molecule has 0 amide bonds. The highest BCUT2D eigenvalue weighted by Crippen LogP contribution is 2.43. The van der Waals surface area contributed by atoms with Crippen LogP contribution in [0.15, 0.2) is 42.1 Å². The summed E-state index contributed by atoms with van der Waals surface area (Å²) in [6.45, 7) is 1.88. The maximum Gasteiger partial charge on any atom is 0.491 e. The molecule has 1 saturated carbocycles. The fourth-order valence-electron chi connectivity index (χ4n) is 3.30. The largest absolute Gasteiger partial charge is 0.491 e. The van der Waals surface area contributed by atoms with Gasteiger partial charge in [-0.05, 0) is 74.0 Å². The Bertz CT molecular complexity index is 960. The van der Waals surface area contributed by atoms with Gasteiger partial charge in [-0.25, -0.2) is 9.78 Å². The van der Waals surface area contributed by atoms with E-state index in [-0.39, 0.29) is 17.5 Å². The number of aromatic nitrogens is 1. The molecule has 0 unspecified atom stereocenters. The van der Waals surface area contributed by atoms with E-state index in [9.17, 15) is 18.0 Å². The minimum atomic E-state index is -5.10. The van der Waals surface area contributed by atoms with Crippen LogP contribution in [0.25, 0.3) is 6.08 Å². The van der Waals surface area contributed by atoms with Gasteiger partial charge in [-0.2, -0.15) is 13.2 Å².